The molecular formula is C52H35N3O. The van der Waals surface area contributed by atoms with Gasteiger partial charge in [-0.1, -0.05) is 152 Å². The van der Waals surface area contributed by atoms with Gasteiger partial charge in [0, 0.05) is 44.5 Å². The number of rotatable bonds is 8. The predicted molar refractivity (Wildman–Crippen MR) is 231 cm³/mol. The fraction of sp³-hybridized carbons (Fsp3) is 0. The quantitative estimate of drug-likeness (QED) is 0.157. The predicted octanol–water partition coefficient (Wildman–Crippen LogP) is 14.2. The minimum Gasteiger partial charge on any atom is -0.456 e. The summed E-state index contributed by atoms with van der Waals surface area (Å²) in [6.45, 7) is 0. The summed E-state index contributed by atoms with van der Waals surface area (Å²) in [6, 6.07) is 73.9. The molecule has 56 heavy (non-hydrogen) atoms. The van der Waals surface area contributed by atoms with E-state index in [1.54, 1.807) is 0 Å². The van der Waals surface area contributed by atoms with Crippen LogP contribution in [0.2, 0.25) is 0 Å². The minimum absolute atomic E-state index is 0.676. The van der Waals surface area contributed by atoms with E-state index < -0.39 is 0 Å². The minimum atomic E-state index is 0.676. The van der Waals surface area contributed by atoms with Gasteiger partial charge in [0.1, 0.15) is 11.2 Å². The van der Waals surface area contributed by atoms with Gasteiger partial charge in [0.05, 0.1) is 11.4 Å². The van der Waals surface area contributed by atoms with Crippen LogP contribution >= 0.6 is 0 Å². The molecule has 8 aromatic carbocycles. The van der Waals surface area contributed by atoms with E-state index in [1.165, 1.54) is 11.1 Å². The van der Waals surface area contributed by atoms with Crippen LogP contribution in [0.25, 0.3) is 78.1 Å². The SMILES string of the molecule is c1ccc(-c2cccc(N(c3ccccc3)c3ccc(-c4cc(-c5cc(-c6ccccc6)nc(-c6ccccc6)n5)cc5oc6ccccc6c45)cc3)c2)cc1. The van der Waals surface area contributed by atoms with Crippen molar-refractivity contribution >= 4 is 39.0 Å². The second-order valence-corrected chi connectivity index (χ2v) is 13.8. The number of anilines is 3. The van der Waals surface area contributed by atoms with Gasteiger partial charge in [-0.25, -0.2) is 9.97 Å². The number of hydrogen-bond acceptors (Lipinski definition) is 4. The molecule has 10 aromatic rings. The van der Waals surface area contributed by atoms with Gasteiger partial charge in [-0.15, -0.1) is 0 Å². The highest BCUT2D eigenvalue weighted by atomic mass is 16.3. The summed E-state index contributed by atoms with van der Waals surface area (Å²) in [7, 11) is 0. The van der Waals surface area contributed by atoms with Crippen molar-refractivity contribution in [3.8, 4) is 56.2 Å². The summed E-state index contributed by atoms with van der Waals surface area (Å²) in [4.78, 5) is 12.5. The molecule has 0 aliphatic carbocycles. The van der Waals surface area contributed by atoms with Crippen molar-refractivity contribution in [1.29, 1.82) is 0 Å². The number of benzene rings is 8. The number of hydrogen-bond donors (Lipinski definition) is 0. The molecule has 0 fully saturated rings. The van der Waals surface area contributed by atoms with Gasteiger partial charge in [0.15, 0.2) is 5.82 Å². The van der Waals surface area contributed by atoms with Gasteiger partial charge < -0.3 is 9.32 Å². The Kier molecular flexibility index (Phi) is 8.47. The molecule has 0 atom stereocenters. The molecule has 10 rings (SSSR count). The third-order valence-corrected chi connectivity index (χ3v) is 10.3. The van der Waals surface area contributed by atoms with Gasteiger partial charge in [-0.3, -0.25) is 0 Å². The highest BCUT2D eigenvalue weighted by Gasteiger charge is 2.19. The molecule has 0 aliphatic heterocycles. The first-order chi connectivity index (χ1) is 27.7. The van der Waals surface area contributed by atoms with Crippen LogP contribution in [0.5, 0.6) is 0 Å². The summed E-state index contributed by atoms with van der Waals surface area (Å²) in [6.07, 6.45) is 0. The smallest absolute Gasteiger partial charge is 0.160 e. The van der Waals surface area contributed by atoms with Crippen molar-refractivity contribution in [2.45, 2.75) is 0 Å². The van der Waals surface area contributed by atoms with Crippen LogP contribution in [0.1, 0.15) is 0 Å². The third kappa shape index (κ3) is 6.29. The van der Waals surface area contributed by atoms with Crippen molar-refractivity contribution in [2.24, 2.45) is 0 Å². The molecule has 0 amide bonds. The van der Waals surface area contributed by atoms with Gasteiger partial charge in [-0.05, 0) is 82.9 Å². The molecule has 0 radical (unpaired) electrons. The lowest BCUT2D eigenvalue weighted by atomic mass is 9.95. The summed E-state index contributed by atoms with van der Waals surface area (Å²) < 4.78 is 6.58. The molecule has 0 N–H and O–H groups in total. The lowest BCUT2D eigenvalue weighted by Gasteiger charge is -2.26. The Morgan fingerprint density at radius 1 is 0.339 bits per heavy atom. The zero-order valence-electron chi connectivity index (χ0n) is 30.5. The van der Waals surface area contributed by atoms with Crippen LogP contribution in [0.4, 0.5) is 17.1 Å². The van der Waals surface area contributed by atoms with Crippen LogP contribution in [0, 0.1) is 0 Å². The monoisotopic (exact) mass is 717 g/mol. The van der Waals surface area contributed by atoms with E-state index in [-0.39, 0.29) is 0 Å². The molecule has 0 aliphatic rings. The largest absolute Gasteiger partial charge is 0.456 e. The van der Waals surface area contributed by atoms with E-state index in [4.69, 9.17) is 14.4 Å². The average molecular weight is 718 g/mol. The van der Waals surface area contributed by atoms with Crippen molar-refractivity contribution in [2.75, 3.05) is 4.90 Å². The summed E-state index contributed by atoms with van der Waals surface area (Å²) in [5.41, 5.74) is 14.0. The second kappa shape index (κ2) is 14.3. The first-order valence-electron chi connectivity index (χ1n) is 18.8. The molecule has 0 unspecified atom stereocenters. The molecule has 0 saturated carbocycles. The summed E-state index contributed by atoms with van der Waals surface area (Å²) >= 11 is 0. The molecular weight excluding hydrogens is 683 g/mol. The van der Waals surface area contributed by atoms with Gasteiger partial charge in [0.25, 0.3) is 0 Å². The molecule has 4 heteroatoms. The van der Waals surface area contributed by atoms with Gasteiger partial charge in [0.2, 0.25) is 0 Å². The van der Waals surface area contributed by atoms with Crippen molar-refractivity contribution < 1.29 is 4.42 Å². The standard InChI is InChI=1S/C52H35N3O/c1-5-16-36(17-6-1)40-22-15-25-44(32-40)55(42-23-11-4-12-24-42)43-30-28-37(29-31-43)46-33-41(34-50-51(46)45-26-13-14-27-49(45)56-50)48-35-47(38-18-7-2-8-19-38)53-52(54-48)39-20-9-3-10-21-39/h1-35H. The topological polar surface area (TPSA) is 42.2 Å². The number of nitrogens with zero attached hydrogens (tertiary/aromatic N) is 3. The fourth-order valence-electron chi connectivity index (χ4n) is 7.57. The lowest BCUT2D eigenvalue weighted by molar-refractivity contribution is 0.669. The average Bonchev–Trinajstić information content (AvgIpc) is 3.66. The Morgan fingerprint density at radius 3 is 1.61 bits per heavy atom. The van der Waals surface area contributed by atoms with Gasteiger partial charge >= 0.3 is 0 Å². The van der Waals surface area contributed by atoms with Crippen molar-refractivity contribution in [3.05, 3.63) is 212 Å². The second-order valence-electron chi connectivity index (χ2n) is 13.8. The van der Waals surface area contributed by atoms with Crippen LogP contribution in [-0.2, 0) is 0 Å². The Labute approximate surface area is 325 Å². The summed E-state index contributed by atoms with van der Waals surface area (Å²) in [5.74, 6) is 0.676. The maximum atomic E-state index is 6.58. The fourth-order valence-corrected chi connectivity index (χ4v) is 7.57. The van der Waals surface area contributed by atoms with Crippen LogP contribution in [-0.4, -0.2) is 9.97 Å². The van der Waals surface area contributed by atoms with Crippen LogP contribution < -0.4 is 4.90 Å². The highest BCUT2D eigenvalue weighted by molar-refractivity contribution is 6.13. The van der Waals surface area contributed by atoms with E-state index in [9.17, 15) is 0 Å². The molecule has 264 valence electrons. The zero-order chi connectivity index (χ0) is 37.3. The normalized spacial score (nSPS) is 11.2. The molecule has 2 aromatic heterocycles. The maximum absolute atomic E-state index is 6.58. The number of fused-ring (bicyclic) bond motifs is 3. The van der Waals surface area contributed by atoms with Gasteiger partial charge in [-0.2, -0.15) is 0 Å². The van der Waals surface area contributed by atoms with E-state index in [0.29, 0.717) is 5.82 Å². The van der Waals surface area contributed by atoms with E-state index in [2.05, 4.69) is 169 Å². The Morgan fingerprint density at radius 2 is 0.893 bits per heavy atom. The Bertz CT molecular complexity index is 2880. The van der Waals surface area contributed by atoms with Crippen molar-refractivity contribution in [3.63, 3.8) is 0 Å². The molecule has 2 heterocycles. The van der Waals surface area contributed by atoms with E-state index >= 15 is 0 Å². The third-order valence-electron chi connectivity index (χ3n) is 10.3. The molecule has 0 saturated heterocycles. The number of aromatic nitrogens is 2. The Hall–Kier alpha value is -7.56. The van der Waals surface area contributed by atoms with Crippen molar-refractivity contribution in [1.82, 2.24) is 9.97 Å². The highest BCUT2D eigenvalue weighted by Crippen LogP contribution is 2.42. The maximum Gasteiger partial charge on any atom is 0.160 e. The molecule has 4 nitrogen and oxygen atoms in total. The van der Waals surface area contributed by atoms with Crippen LogP contribution in [0.3, 0.4) is 0 Å². The lowest BCUT2D eigenvalue weighted by Crippen LogP contribution is -2.09. The molecule has 0 spiro atoms. The van der Waals surface area contributed by atoms with E-state index in [0.717, 1.165) is 78.2 Å². The van der Waals surface area contributed by atoms with E-state index in [1.807, 2.05) is 48.5 Å². The zero-order valence-corrected chi connectivity index (χ0v) is 30.5. The summed E-state index contributed by atoms with van der Waals surface area (Å²) in [5, 5.41) is 2.16. The van der Waals surface area contributed by atoms with Crippen LogP contribution in [0.15, 0.2) is 217 Å². The number of para-hydroxylation sites is 2. The Balaban J connectivity index is 1.13. The molecule has 0 bridgehead atoms. The first-order valence-corrected chi connectivity index (χ1v) is 18.8. The number of furan rings is 1. The first kappa shape index (κ1) is 33.0.